The van der Waals surface area contributed by atoms with Crippen LogP contribution in [0.5, 0.6) is 0 Å². The fourth-order valence-corrected chi connectivity index (χ4v) is 2.32. The molecule has 108 valence electrons. The molecule has 1 aromatic carbocycles. The maximum absolute atomic E-state index is 13.0. The van der Waals surface area contributed by atoms with Crippen LogP contribution in [0.2, 0.25) is 0 Å². The number of unbranched alkanes of at least 4 members (excludes halogenated alkanes) is 4. The fourth-order valence-electron chi connectivity index (χ4n) is 2.32. The molecule has 20 heavy (non-hydrogen) atoms. The van der Waals surface area contributed by atoms with Crippen LogP contribution in [0.15, 0.2) is 28.8 Å². The second-order valence-electron chi connectivity index (χ2n) is 5.04. The zero-order valence-electron chi connectivity index (χ0n) is 11.9. The van der Waals surface area contributed by atoms with Gasteiger partial charge >= 0.3 is 0 Å². The first-order valence-electron chi connectivity index (χ1n) is 7.22. The molecule has 0 atom stereocenters. The maximum atomic E-state index is 13.0. The fraction of sp³-hybridized carbons (Fsp3) is 0.438. The van der Waals surface area contributed by atoms with E-state index in [9.17, 15) is 4.39 Å². The first-order chi connectivity index (χ1) is 9.72. The summed E-state index contributed by atoms with van der Waals surface area (Å²) in [5, 5.41) is 3.84. The monoisotopic (exact) mass is 276 g/mol. The molecule has 0 aliphatic heterocycles. The topological polar surface area (TPSA) is 52.0 Å². The van der Waals surface area contributed by atoms with E-state index in [-0.39, 0.29) is 5.82 Å². The summed E-state index contributed by atoms with van der Waals surface area (Å²) in [5.74, 6) is 0.913. The number of nitrogen functional groups attached to an aromatic ring is 1. The lowest BCUT2D eigenvalue weighted by atomic mass is 10.0. The summed E-state index contributed by atoms with van der Waals surface area (Å²) in [6.07, 6.45) is 6.80. The average molecular weight is 276 g/mol. The summed E-state index contributed by atoms with van der Waals surface area (Å²) in [6, 6.07) is 6.26. The quantitative estimate of drug-likeness (QED) is 0.753. The molecule has 3 nitrogen and oxygen atoms in total. The van der Waals surface area contributed by atoms with E-state index < -0.39 is 0 Å². The standard InChI is InChI=1S/C16H21FN2O/c1-2-3-4-5-6-7-14-15(16(18)19-20-14)12-8-10-13(17)11-9-12/h8-11H,2-7H2,1H3,(H2,18,19). The van der Waals surface area contributed by atoms with E-state index in [1.165, 1.54) is 37.8 Å². The molecule has 0 saturated carbocycles. The minimum atomic E-state index is -0.259. The number of anilines is 1. The molecule has 0 aliphatic carbocycles. The lowest BCUT2D eigenvalue weighted by molar-refractivity contribution is 0.381. The Labute approximate surface area is 119 Å². The molecule has 0 fully saturated rings. The van der Waals surface area contributed by atoms with Crippen molar-refractivity contribution in [2.24, 2.45) is 0 Å². The van der Waals surface area contributed by atoms with Gasteiger partial charge < -0.3 is 10.3 Å². The predicted molar refractivity (Wildman–Crippen MR) is 78.8 cm³/mol. The van der Waals surface area contributed by atoms with Crippen molar-refractivity contribution in [2.75, 3.05) is 5.73 Å². The predicted octanol–water partition coefficient (Wildman–Crippen LogP) is 4.58. The summed E-state index contributed by atoms with van der Waals surface area (Å²) in [6.45, 7) is 2.20. The first kappa shape index (κ1) is 14.6. The second-order valence-corrected chi connectivity index (χ2v) is 5.04. The lowest BCUT2D eigenvalue weighted by Crippen LogP contribution is -1.91. The average Bonchev–Trinajstić information content (AvgIpc) is 2.81. The van der Waals surface area contributed by atoms with Crippen LogP contribution in [0.4, 0.5) is 10.2 Å². The van der Waals surface area contributed by atoms with Gasteiger partial charge in [0.15, 0.2) is 5.82 Å². The summed E-state index contributed by atoms with van der Waals surface area (Å²) in [7, 11) is 0. The molecule has 1 aromatic heterocycles. The molecule has 2 aromatic rings. The van der Waals surface area contributed by atoms with Crippen molar-refractivity contribution in [1.29, 1.82) is 0 Å². The Morgan fingerprint density at radius 1 is 1.10 bits per heavy atom. The highest BCUT2D eigenvalue weighted by Crippen LogP contribution is 2.30. The van der Waals surface area contributed by atoms with Gasteiger partial charge in [-0.2, -0.15) is 0 Å². The molecular formula is C16H21FN2O. The number of nitrogens with two attached hydrogens (primary N) is 1. The molecule has 2 rings (SSSR count). The molecule has 0 saturated heterocycles. The third-order valence-electron chi connectivity index (χ3n) is 3.43. The largest absolute Gasteiger partial charge is 0.380 e. The molecule has 2 N–H and O–H groups in total. The van der Waals surface area contributed by atoms with Crippen LogP contribution in [0.3, 0.4) is 0 Å². The van der Waals surface area contributed by atoms with Crippen LogP contribution in [0, 0.1) is 5.82 Å². The van der Waals surface area contributed by atoms with Crippen molar-refractivity contribution >= 4 is 5.82 Å². The molecule has 0 amide bonds. The SMILES string of the molecule is CCCCCCCc1onc(N)c1-c1ccc(F)cc1. The Kier molecular flexibility index (Phi) is 5.16. The van der Waals surface area contributed by atoms with Gasteiger partial charge in [-0.25, -0.2) is 4.39 Å². The van der Waals surface area contributed by atoms with Gasteiger partial charge in [0.1, 0.15) is 11.6 Å². The Hall–Kier alpha value is -1.84. The van der Waals surface area contributed by atoms with Gasteiger partial charge in [0.25, 0.3) is 0 Å². The first-order valence-corrected chi connectivity index (χ1v) is 7.22. The number of benzene rings is 1. The van der Waals surface area contributed by atoms with E-state index in [1.807, 2.05) is 0 Å². The second kappa shape index (κ2) is 7.08. The smallest absolute Gasteiger partial charge is 0.175 e. The van der Waals surface area contributed by atoms with Crippen LogP contribution in [-0.4, -0.2) is 5.16 Å². The molecule has 4 heteroatoms. The van der Waals surface area contributed by atoms with Gasteiger partial charge in [-0.1, -0.05) is 49.9 Å². The van der Waals surface area contributed by atoms with Crippen LogP contribution in [-0.2, 0) is 6.42 Å². The molecule has 0 radical (unpaired) electrons. The Morgan fingerprint density at radius 3 is 2.50 bits per heavy atom. The van der Waals surface area contributed by atoms with Gasteiger partial charge in [-0.15, -0.1) is 0 Å². The summed E-state index contributed by atoms with van der Waals surface area (Å²) in [4.78, 5) is 0. The number of aromatic nitrogens is 1. The van der Waals surface area contributed by atoms with E-state index in [0.29, 0.717) is 5.82 Å². The Bertz CT molecular complexity index is 534. The van der Waals surface area contributed by atoms with Crippen molar-refractivity contribution in [3.63, 3.8) is 0 Å². The van der Waals surface area contributed by atoms with Gasteiger partial charge in [-0.3, -0.25) is 0 Å². The third kappa shape index (κ3) is 3.59. The van der Waals surface area contributed by atoms with Crippen LogP contribution >= 0.6 is 0 Å². The summed E-state index contributed by atoms with van der Waals surface area (Å²) < 4.78 is 18.3. The zero-order chi connectivity index (χ0) is 14.4. The van der Waals surface area contributed by atoms with Gasteiger partial charge in [0.2, 0.25) is 0 Å². The van der Waals surface area contributed by atoms with Crippen molar-refractivity contribution in [2.45, 2.75) is 45.4 Å². The highest BCUT2D eigenvalue weighted by Gasteiger charge is 2.15. The molecule has 1 heterocycles. The summed E-state index contributed by atoms with van der Waals surface area (Å²) >= 11 is 0. The van der Waals surface area contributed by atoms with Crippen molar-refractivity contribution < 1.29 is 8.91 Å². The minimum Gasteiger partial charge on any atom is -0.380 e. The van der Waals surface area contributed by atoms with Crippen molar-refractivity contribution in [3.05, 3.63) is 35.8 Å². The van der Waals surface area contributed by atoms with E-state index in [1.54, 1.807) is 12.1 Å². The number of rotatable bonds is 7. The number of aryl methyl sites for hydroxylation is 1. The van der Waals surface area contributed by atoms with Crippen molar-refractivity contribution in [3.8, 4) is 11.1 Å². The van der Waals surface area contributed by atoms with Gasteiger partial charge in [0.05, 0.1) is 5.56 Å². The third-order valence-corrected chi connectivity index (χ3v) is 3.43. The Balaban J connectivity index is 2.05. The van der Waals surface area contributed by atoms with Crippen molar-refractivity contribution in [1.82, 2.24) is 5.16 Å². The van der Waals surface area contributed by atoms with E-state index in [4.69, 9.17) is 10.3 Å². The van der Waals surface area contributed by atoms with Crippen LogP contribution < -0.4 is 5.73 Å². The zero-order valence-corrected chi connectivity index (χ0v) is 11.9. The molecule has 0 bridgehead atoms. The number of hydrogen-bond acceptors (Lipinski definition) is 3. The summed E-state index contributed by atoms with van der Waals surface area (Å²) in [5.41, 5.74) is 7.53. The minimum absolute atomic E-state index is 0.259. The van der Waals surface area contributed by atoms with E-state index >= 15 is 0 Å². The molecular weight excluding hydrogens is 255 g/mol. The molecule has 0 unspecified atom stereocenters. The number of halogens is 1. The van der Waals surface area contributed by atoms with Gasteiger partial charge in [0, 0.05) is 6.42 Å². The highest BCUT2D eigenvalue weighted by molar-refractivity contribution is 5.75. The normalized spacial score (nSPS) is 10.9. The Morgan fingerprint density at radius 2 is 1.80 bits per heavy atom. The highest BCUT2D eigenvalue weighted by atomic mass is 19.1. The molecule has 0 aliphatic rings. The lowest BCUT2D eigenvalue weighted by Gasteiger charge is -2.03. The number of nitrogens with zero attached hydrogens (tertiary/aromatic N) is 1. The molecule has 0 spiro atoms. The number of hydrogen-bond donors (Lipinski definition) is 1. The van der Waals surface area contributed by atoms with E-state index in [0.717, 1.165) is 29.7 Å². The van der Waals surface area contributed by atoms with Crippen LogP contribution in [0.1, 0.15) is 44.8 Å². The van der Waals surface area contributed by atoms with Crippen LogP contribution in [0.25, 0.3) is 11.1 Å². The van der Waals surface area contributed by atoms with E-state index in [2.05, 4.69) is 12.1 Å². The maximum Gasteiger partial charge on any atom is 0.175 e. The van der Waals surface area contributed by atoms with Gasteiger partial charge in [-0.05, 0) is 24.1 Å².